The molecule has 12 nitrogen and oxygen atoms in total. The lowest BCUT2D eigenvalue weighted by Crippen LogP contribution is -2.19. The lowest BCUT2D eigenvalue weighted by Gasteiger charge is -2.15. The van der Waals surface area contributed by atoms with E-state index in [9.17, 15) is 0 Å². The van der Waals surface area contributed by atoms with Crippen molar-refractivity contribution in [3.05, 3.63) is 206 Å². The monoisotopic (exact) mass is 1810 g/mol. The summed E-state index contributed by atoms with van der Waals surface area (Å²) in [6, 6.07) is 47.0. The van der Waals surface area contributed by atoms with Gasteiger partial charge in [0.05, 0.1) is 46.2 Å². The molecule has 1 aliphatic rings. The molecule has 0 radical (unpaired) electrons. The van der Waals surface area contributed by atoms with Crippen LogP contribution in [0.25, 0.3) is 22.3 Å². The highest BCUT2D eigenvalue weighted by molar-refractivity contribution is 5.86. The third-order valence-corrected chi connectivity index (χ3v) is 26.6. The number of fused-ring (bicyclic) bond motifs is 8. The second kappa shape index (κ2) is 68.7. The first-order chi connectivity index (χ1) is 65.3. The van der Waals surface area contributed by atoms with Crippen LogP contribution in [-0.4, -0.2) is 79.4 Å². The van der Waals surface area contributed by atoms with E-state index in [0.29, 0.717) is 46.2 Å². The zero-order valence-corrected chi connectivity index (χ0v) is 84.3. The minimum absolute atomic E-state index is 0.631. The Morgan fingerprint density at radius 2 is 0.386 bits per heavy atom. The molecule has 1 aliphatic heterocycles. The minimum atomic E-state index is 0.631. The van der Waals surface area contributed by atoms with E-state index in [-0.39, 0.29) is 0 Å². The van der Waals surface area contributed by atoms with E-state index in [1.165, 1.54) is 283 Å². The van der Waals surface area contributed by atoms with Gasteiger partial charge in [-0.25, -0.2) is 0 Å². The van der Waals surface area contributed by atoms with Gasteiger partial charge in [0.25, 0.3) is 0 Å². The first-order valence-corrected chi connectivity index (χ1v) is 54.7. The first-order valence-electron chi connectivity index (χ1n) is 54.7. The number of hydrogen-bond acceptors (Lipinski definition) is 8. The number of aromatic nitrogens is 4. The molecule has 0 aliphatic carbocycles. The molecule has 132 heavy (non-hydrogen) atoms. The van der Waals surface area contributed by atoms with Gasteiger partial charge >= 0.3 is 0 Å². The fraction of sp³-hybridized carbons (Fsp3) is 0.617. The van der Waals surface area contributed by atoms with Crippen LogP contribution in [0.3, 0.4) is 0 Å². The highest BCUT2D eigenvalue weighted by Gasteiger charge is 2.23. The Hall–Kier alpha value is -8.22. The molecule has 0 atom stereocenters. The van der Waals surface area contributed by atoms with E-state index in [0.717, 1.165) is 238 Å². The topological polar surface area (TPSA) is 137 Å². The Bertz CT molecular complexity index is 4450. The summed E-state index contributed by atoms with van der Waals surface area (Å²) in [5.74, 6) is 5.74. The zero-order valence-electron chi connectivity index (χ0n) is 84.3. The van der Waals surface area contributed by atoms with Crippen LogP contribution in [-0.2, 0) is 4.74 Å². The van der Waals surface area contributed by atoms with Gasteiger partial charge in [-0.3, -0.25) is 0 Å². The number of unbranched alkanes of at least 4 members (excludes halogenated alkanes) is 51. The van der Waals surface area contributed by atoms with Crippen molar-refractivity contribution in [3.63, 3.8) is 0 Å². The molecule has 8 bridgehead atoms. The molecule has 12 heteroatoms. The summed E-state index contributed by atoms with van der Waals surface area (Å²) in [5.41, 5.74) is 11.9. The van der Waals surface area contributed by atoms with Crippen LogP contribution >= 0.6 is 0 Å². The van der Waals surface area contributed by atoms with E-state index < -0.39 is 0 Å². The highest BCUT2D eigenvalue weighted by atomic mass is 16.5. The van der Waals surface area contributed by atoms with E-state index in [1.54, 1.807) is 0 Å². The zero-order chi connectivity index (χ0) is 92.4. The second-order valence-corrected chi connectivity index (χ2v) is 38.3. The molecule has 4 aromatic carbocycles. The molecule has 0 spiro atoms. The van der Waals surface area contributed by atoms with Gasteiger partial charge in [-0.1, -0.05) is 381 Å². The van der Waals surface area contributed by atoms with Crippen LogP contribution in [0.4, 0.5) is 0 Å². The molecular weight excluding hydrogens is 1630 g/mol. The molecule has 730 valence electrons. The molecule has 5 heterocycles. The SMILES string of the molecule is C=CCCOCCCCCCCCCCCCOc1ccc(C2=c3ccc([nH]3)=C(c3cc(OCCCCCCCCCC)cc(OCCCCCCCCCC)c3)c3ccc([nH]3)C(c3cc(OCCCCCCCCCC)cc(OCCCCCCCCCC)c3)=c3ccc([nH]3)=C(c3cc(OCCCCCCCCCC)cc(OCCCCCCCCCC)c3)c3ccc2[nH]3)cc1. The molecule has 9 rings (SSSR count). The van der Waals surface area contributed by atoms with Gasteiger partial charge < -0.3 is 57.8 Å². The Morgan fingerprint density at radius 3 is 0.606 bits per heavy atom. The van der Waals surface area contributed by atoms with Crippen LogP contribution in [0.15, 0.2) is 140 Å². The van der Waals surface area contributed by atoms with Gasteiger partial charge in [-0.15, -0.1) is 6.58 Å². The maximum absolute atomic E-state index is 6.98. The van der Waals surface area contributed by atoms with Crippen molar-refractivity contribution in [1.82, 2.24) is 19.9 Å². The minimum Gasteiger partial charge on any atom is -0.494 e. The standard InChI is InChI=1S/C120H182N4O8/c1-8-15-22-28-34-45-54-62-83-127-103-89-99(90-104(95-103)128-84-63-55-46-35-29-23-16-9-2)118-111-74-72-109(121-111)117(98-68-70-102(71-69-98)126-82-61-53-51-43-41-40-42-44-52-60-81-125-80-21-14-7)110-73-75-112(122-110)119(100-91-105(129-85-64-56-47-36-30-24-17-10-3)96-106(92-100)130-86-65-57-48-37-31-25-18-11-4)114-77-79-116(124-114)120(115-78-76-113(118)123-115)101-93-107(131-87-66-58-49-38-32-26-19-12-5)97-108(94-101)132-88-67-59-50-39-33-27-20-13-6/h14,68-79,89-97,121-124H,7-13,15-67,80-88H2,1-6H3. The van der Waals surface area contributed by atoms with Crippen molar-refractivity contribution in [2.45, 2.75) is 420 Å². The Balaban J connectivity index is 1.19. The Morgan fingerprint density at radius 1 is 0.189 bits per heavy atom. The molecule has 4 aromatic heterocycles. The maximum atomic E-state index is 6.98. The van der Waals surface area contributed by atoms with Crippen LogP contribution in [0.5, 0.6) is 40.2 Å². The molecule has 4 N–H and O–H groups in total. The van der Waals surface area contributed by atoms with Crippen LogP contribution < -0.4 is 54.6 Å². The number of ether oxygens (including phenoxy) is 8. The Kier molecular flexibility index (Phi) is 55.9. The molecule has 0 amide bonds. The summed E-state index contributed by atoms with van der Waals surface area (Å²) >= 11 is 0. The predicted octanol–water partition coefficient (Wildman–Crippen LogP) is 32.3. The van der Waals surface area contributed by atoms with E-state index >= 15 is 0 Å². The summed E-state index contributed by atoms with van der Waals surface area (Å²) in [6.45, 7) is 23.8. The third kappa shape index (κ3) is 42.0. The largest absolute Gasteiger partial charge is 0.494 e. The van der Waals surface area contributed by atoms with Gasteiger partial charge in [0.2, 0.25) is 0 Å². The Labute approximate surface area is 801 Å². The molecular formula is C120H182N4O8. The summed E-state index contributed by atoms with van der Waals surface area (Å²) in [6.07, 6.45) is 74.3. The van der Waals surface area contributed by atoms with E-state index in [1.807, 2.05) is 6.08 Å². The average Bonchev–Trinajstić information content (AvgIpc) is 1.60. The van der Waals surface area contributed by atoms with Crippen molar-refractivity contribution >= 4 is 22.3 Å². The number of nitrogens with one attached hydrogen (secondary N) is 4. The van der Waals surface area contributed by atoms with Gasteiger partial charge in [-0.2, -0.15) is 0 Å². The number of benzene rings is 4. The van der Waals surface area contributed by atoms with Crippen LogP contribution in [0.2, 0.25) is 0 Å². The lowest BCUT2D eigenvalue weighted by atomic mass is 10.0. The fourth-order valence-electron chi connectivity index (χ4n) is 18.7. The summed E-state index contributed by atoms with van der Waals surface area (Å²) < 4.78 is 54.1. The molecule has 0 unspecified atom stereocenters. The predicted molar refractivity (Wildman–Crippen MR) is 560 cm³/mol. The number of rotatable bonds is 81. The van der Waals surface area contributed by atoms with Gasteiger partial charge in [0.1, 0.15) is 40.2 Å². The molecule has 0 saturated heterocycles. The summed E-state index contributed by atoms with van der Waals surface area (Å²) in [7, 11) is 0. The highest BCUT2D eigenvalue weighted by Crippen LogP contribution is 2.37. The van der Waals surface area contributed by atoms with Crippen molar-refractivity contribution in [1.29, 1.82) is 0 Å². The van der Waals surface area contributed by atoms with Crippen LogP contribution in [0, 0.1) is 0 Å². The molecule has 8 aromatic rings. The quantitative estimate of drug-likeness (QED) is 0.0219. The maximum Gasteiger partial charge on any atom is 0.123 e. The van der Waals surface area contributed by atoms with Gasteiger partial charge in [-0.05, 0) is 177 Å². The van der Waals surface area contributed by atoms with Gasteiger partial charge in [0, 0.05) is 97.9 Å². The van der Waals surface area contributed by atoms with Crippen molar-refractivity contribution in [3.8, 4) is 40.2 Å². The normalized spacial score (nSPS) is 12.1. The van der Waals surface area contributed by atoms with E-state index in [2.05, 4.69) is 195 Å². The number of aromatic amines is 4. The third-order valence-electron chi connectivity index (χ3n) is 26.6. The van der Waals surface area contributed by atoms with Crippen molar-refractivity contribution < 1.29 is 37.9 Å². The summed E-state index contributed by atoms with van der Waals surface area (Å²) in [4.78, 5) is 16.7. The van der Waals surface area contributed by atoms with E-state index in [4.69, 9.17) is 37.9 Å². The lowest BCUT2D eigenvalue weighted by molar-refractivity contribution is 0.134. The van der Waals surface area contributed by atoms with Crippen LogP contribution in [0.1, 0.15) is 465 Å². The first kappa shape index (κ1) is 107. The fourth-order valence-corrected chi connectivity index (χ4v) is 18.7. The van der Waals surface area contributed by atoms with Crippen molar-refractivity contribution in [2.24, 2.45) is 0 Å². The average molecular weight is 1810 g/mol. The molecule has 0 fully saturated rings. The summed E-state index contributed by atoms with van der Waals surface area (Å²) in [5, 5.41) is 3.81. The molecule has 0 saturated carbocycles. The second-order valence-electron chi connectivity index (χ2n) is 38.3. The smallest absolute Gasteiger partial charge is 0.123 e. The van der Waals surface area contributed by atoms with Crippen molar-refractivity contribution in [2.75, 3.05) is 59.5 Å². The van der Waals surface area contributed by atoms with Gasteiger partial charge in [0.15, 0.2) is 0 Å². The number of H-pyrrole nitrogens is 4. The number of hydrogen-bond donors (Lipinski definition) is 4.